The summed E-state index contributed by atoms with van der Waals surface area (Å²) in [5, 5.41) is 0. The van der Waals surface area contributed by atoms with Crippen LogP contribution >= 0.6 is 15.9 Å². The van der Waals surface area contributed by atoms with E-state index in [1.165, 1.54) is 5.69 Å². The van der Waals surface area contributed by atoms with Gasteiger partial charge in [-0.05, 0) is 47.0 Å². The van der Waals surface area contributed by atoms with E-state index in [4.69, 9.17) is 10.5 Å². The number of anilines is 1. The lowest BCUT2D eigenvalue weighted by atomic mass is 10.1. The van der Waals surface area contributed by atoms with Gasteiger partial charge in [-0.25, -0.2) is 0 Å². The molecule has 0 aliphatic carbocycles. The molecule has 4 heteroatoms. The predicted octanol–water partition coefficient (Wildman–Crippen LogP) is 2.69. The molecule has 94 valence electrons. The molecule has 1 unspecified atom stereocenters. The average Bonchev–Trinajstić information content (AvgIpc) is 2.77. The highest BCUT2D eigenvalue weighted by Gasteiger charge is 2.23. The average molecular weight is 299 g/mol. The van der Waals surface area contributed by atoms with E-state index in [2.05, 4.69) is 39.0 Å². The minimum atomic E-state index is 0.0747. The zero-order chi connectivity index (χ0) is 12.4. The first-order valence-electron chi connectivity index (χ1n) is 5.94. The van der Waals surface area contributed by atoms with Crippen LogP contribution in [0.5, 0.6) is 0 Å². The maximum absolute atomic E-state index is 5.88. The van der Waals surface area contributed by atoms with E-state index in [1.807, 2.05) is 6.92 Å². The van der Waals surface area contributed by atoms with Gasteiger partial charge in [-0.2, -0.15) is 0 Å². The van der Waals surface area contributed by atoms with E-state index in [9.17, 15) is 0 Å². The van der Waals surface area contributed by atoms with Crippen LogP contribution in [0.2, 0.25) is 0 Å². The third-order valence-electron chi connectivity index (χ3n) is 3.32. The van der Waals surface area contributed by atoms with Crippen molar-refractivity contribution in [1.29, 1.82) is 0 Å². The highest BCUT2D eigenvalue weighted by atomic mass is 79.9. The second-order valence-electron chi connectivity index (χ2n) is 4.59. The Morgan fingerprint density at radius 3 is 2.82 bits per heavy atom. The monoisotopic (exact) mass is 298 g/mol. The summed E-state index contributed by atoms with van der Waals surface area (Å²) in [4.78, 5) is 2.35. The Bertz CT molecular complexity index is 395. The first kappa shape index (κ1) is 12.9. The molecular weight excluding hydrogens is 280 g/mol. The standard InChI is InChI=1S/C13H19BrN2O/c1-9(15)10-3-4-13(12(14)7-10)16-6-5-11(8-16)17-2/h3-4,7,9,11H,5-6,8,15H2,1-2H3/t9-,11?/m0/s1. The van der Waals surface area contributed by atoms with Crippen molar-refractivity contribution in [2.75, 3.05) is 25.1 Å². The summed E-state index contributed by atoms with van der Waals surface area (Å²) < 4.78 is 6.50. The third kappa shape index (κ3) is 2.81. The highest BCUT2D eigenvalue weighted by Crippen LogP contribution is 2.31. The molecular formula is C13H19BrN2O. The van der Waals surface area contributed by atoms with Gasteiger partial charge in [-0.15, -0.1) is 0 Å². The third-order valence-corrected chi connectivity index (χ3v) is 3.95. The van der Waals surface area contributed by atoms with E-state index >= 15 is 0 Å². The zero-order valence-electron chi connectivity index (χ0n) is 10.3. The smallest absolute Gasteiger partial charge is 0.0762 e. The number of hydrogen-bond donors (Lipinski definition) is 1. The topological polar surface area (TPSA) is 38.5 Å². The van der Waals surface area contributed by atoms with Crippen LogP contribution in [-0.2, 0) is 4.74 Å². The number of halogens is 1. The van der Waals surface area contributed by atoms with Crippen LogP contribution in [0.1, 0.15) is 24.9 Å². The van der Waals surface area contributed by atoms with Gasteiger partial charge in [0.25, 0.3) is 0 Å². The largest absolute Gasteiger partial charge is 0.380 e. The molecule has 1 saturated heterocycles. The predicted molar refractivity (Wildman–Crippen MR) is 74.4 cm³/mol. The van der Waals surface area contributed by atoms with Crippen molar-refractivity contribution in [2.24, 2.45) is 5.73 Å². The molecule has 0 radical (unpaired) electrons. The summed E-state index contributed by atoms with van der Waals surface area (Å²) in [5.74, 6) is 0. The van der Waals surface area contributed by atoms with Crippen LogP contribution in [0.4, 0.5) is 5.69 Å². The maximum Gasteiger partial charge on any atom is 0.0762 e. The number of methoxy groups -OCH3 is 1. The van der Waals surface area contributed by atoms with E-state index in [0.29, 0.717) is 6.10 Å². The molecule has 1 aliphatic heterocycles. The first-order valence-corrected chi connectivity index (χ1v) is 6.74. The van der Waals surface area contributed by atoms with Gasteiger partial charge in [0.15, 0.2) is 0 Å². The number of nitrogens with two attached hydrogens (primary N) is 1. The minimum Gasteiger partial charge on any atom is -0.380 e. The van der Waals surface area contributed by atoms with Crippen LogP contribution in [0.15, 0.2) is 22.7 Å². The van der Waals surface area contributed by atoms with Gasteiger partial charge in [-0.1, -0.05) is 6.07 Å². The normalized spacial score (nSPS) is 21.9. The fourth-order valence-electron chi connectivity index (χ4n) is 2.20. The fourth-order valence-corrected chi connectivity index (χ4v) is 2.85. The number of nitrogens with zero attached hydrogens (tertiary/aromatic N) is 1. The number of ether oxygens (including phenoxy) is 1. The second-order valence-corrected chi connectivity index (χ2v) is 5.45. The van der Waals surface area contributed by atoms with Crippen molar-refractivity contribution in [3.05, 3.63) is 28.2 Å². The summed E-state index contributed by atoms with van der Waals surface area (Å²) in [6.07, 6.45) is 1.45. The minimum absolute atomic E-state index is 0.0747. The molecule has 1 aliphatic rings. The summed E-state index contributed by atoms with van der Waals surface area (Å²) >= 11 is 3.63. The second kappa shape index (κ2) is 5.38. The SMILES string of the molecule is COC1CCN(c2ccc([C@H](C)N)cc2Br)C1. The van der Waals surface area contributed by atoms with Gasteiger partial charge in [0, 0.05) is 30.7 Å². The Morgan fingerprint density at radius 1 is 1.53 bits per heavy atom. The lowest BCUT2D eigenvalue weighted by molar-refractivity contribution is 0.121. The summed E-state index contributed by atoms with van der Waals surface area (Å²) in [6.45, 7) is 4.01. The molecule has 2 N–H and O–H groups in total. The van der Waals surface area contributed by atoms with Crippen molar-refractivity contribution in [1.82, 2.24) is 0 Å². The number of benzene rings is 1. The van der Waals surface area contributed by atoms with Gasteiger partial charge >= 0.3 is 0 Å². The Hall–Kier alpha value is -0.580. The molecule has 2 rings (SSSR count). The van der Waals surface area contributed by atoms with Crippen LogP contribution in [0.3, 0.4) is 0 Å². The van der Waals surface area contributed by atoms with Crippen molar-refractivity contribution in [3.8, 4) is 0 Å². The zero-order valence-corrected chi connectivity index (χ0v) is 11.9. The molecule has 1 aromatic carbocycles. The van der Waals surface area contributed by atoms with Gasteiger partial charge in [0.05, 0.1) is 11.8 Å². The summed E-state index contributed by atoms with van der Waals surface area (Å²) in [7, 11) is 1.78. The maximum atomic E-state index is 5.88. The van der Waals surface area contributed by atoms with Crippen molar-refractivity contribution >= 4 is 21.6 Å². The van der Waals surface area contributed by atoms with E-state index in [1.54, 1.807) is 7.11 Å². The number of hydrogen-bond acceptors (Lipinski definition) is 3. The van der Waals surface area contributed by atoms with Crippen LogP contribution < -0.4 is 10.6 Å². The van der Waals surface area contributed by atoms with E-state index in [-0.39, 0.29) is 6.04 Å². The molecule has 1 fully saturated rings. The van der Waals surface area contributed by atoms with Gasteiger partial charge in [0.2, 0.25) is 0 Å². The highest BCUT2D eigenvalue weighted by molar-refractivity contribution is 9.10. The Balaban J connectivity index is 2.17. The first-order chi connectivity index (χ1) is 8.11. The summed E-state index contributed by atoms with van der Waals surface area (Å²) in [5.41, 5.74) is 8.26. The molecule has 0 spiro atoms. The van der Waals surface area contributed by atoms with Crippen LogP contribution in [0, 0.1) is 0 Å². The summed E-state index contributed by atoms with van der Waals surface area (Å²) in [6, 6.07) is 6.43. The van der Waals surface area contributed by atoms with Gasteiger partial charge in [0.1, 0.15) is 0 Å². The van der Waals surface area contributed by atoms with Crippen molar-refractivity contribution < 1.29 is 4.74 Å². The van der Waals surface area contributed by atoms with E-state index < -0.39 is 0 Å². The van der Waals surface area contributed by atoms with Gasteiger partial charge < -0.3 is 15.4 Å². The van der Waals surface area contributed by atoms with Crippen LogP contribution in [0.25, 0.3) is 0 Å². The molecule has 2 atom stereocenters. The molecule has 0 aromatic heterocycles. The Labute approximate surface area is 111 Å². The Morgan fingerprint density at radius 2 is 2.29 bits per heavy atom. The molecule has 0 saturated carbocycles. The molecule has 1 aromatic rings. The fraction of sp³-hybridized carbons (Fsp3) is 0.538. The van der Waals surface area contributed by atoms with Gasteiger partial charge in [-0.3, -0.25) is 0 Å². The quantitative estimate of drug-likeness (QED) is 0.932. The molecule has 1 heterocycles. The van der Waals surface area contributed by atoms with Crippen molar-refractivity contribution in [2.45, 2.75) is 25.5 Å². The molecule has 3 nitrogen and oxygen atoms in total. The Kier molecular flexibility index (Phi) is 4.07. The van der Waals surface area contributed by atoms with Crippen molar-refractivity contribution in [3.63, 3.8) is 0 Å². The molecule has 0 bridgehead atoms. The van der Waals surface area contributed by atoms with Crippen LogP contribution in [-0.4, -0.2) is 26.3 Å². The lowest BCUT2D eigenvalue weighted by Gasteiger charge is -2.21. The molecule has 0 amide bonds. The number of rotatable bonds is 3. The molecule has 17 heavy (non-hydrogen) atoms. The lowest BCUT2D eigenvalue weighted by Crippen LogP contribution is -2.22. The van der Waals surface area contributed by atoms with E-state index in [0.717, 1.165) is 29.5 Å².